The molecule has 9 aromatic rings. The molecule has 2 aliphatic rings. The maximum absolute atomic E-state index is 2.62. The third kappa shape index (κ3) is 3.39. The molecule has 0 fully saturated rings. The van der Waals surface area contributed by atoms with Crippen molar-refractivity contribution in [3.05, 3.63) is 138 Å². The highest BCUT2D eigenvalue weighted by Gasteiger charge is 2.39. The van der Waals surface area contributed by atoms with Gasteiger partial charge in [0.1, 0.15) is 0 Å². The predicted octanol–water partition coefficient (Wildman–Crippen LogP) is 7.02. The number of rotatable bonds is 2. The molecule has 5 heterocycles. The topological polar surface area (TPSA) is 4.93 Å². The van der Waals surface area contributed by atoms with Crippen molar-refractivity contribution in [2.24, 2.45) is 0 Å². The second-order valence-electron chi connectivity index (χ2n) is 12.4. The lowest BCUT2D eigenvalue weighted by atomic mass is 9.36. The van der Waals surface area contributed by atoms with Gasteiger partial charge in [-0.25, -0.2) is 0 Å². The van der Waals surface area contributed by atoms with Crippen LogP contribution >= 0.6 is 34.4 Å². The molecule has 3 aromatic heterocycles. The smallest absolute Gasteiger partial charge is 0.259 e. The van der Waals surface area contributed by atoms with Crippen molar-refractivity contribution in [1.82, 2.24) is 4.57 Å². The summed E-state index contributed by atoms with van der Waals surface area (Å²) in [5.74, 6) is 0. The number of nitrogens with zero attached hydrogens (tertiary/aromatic N) is 1. The predicted molar refractivity (Wildman–Crippen MR) is 204 cm³/mol. The average molecular weight is 635 g/mol. The Morgan fingerprint density at radius 3 is 1.96 bits per heavy atom. The van der Waals surface area contributed by atoms with E-state index in [1.165, 1.54) is 90.2 Å². The summed E-state index contributed by atoms with van der Waals surface area (Å²) in [7, 11) is 0. The number of aromatic nitrogens is 1. The summed E-state index contributed by atoms with van der Waals surface area (Å²) < 4.78 is 5.42. The van der Waals surface area contributed by atoms with Crippen molar-refractivity contribution in [2.45, 2.75) is 9.79 Å². The van der Waals surface area contributed by atoms with E-state index in [-0.39, 0.29) is 13.4 Å². The molecule has 212 valence electrons. The van der Waals surface area contributed by atoms with Gasteiger partial charge in [-0.1, -0.05) is 132 Å². The first kappa shape index (κ1) is 25.7. The number of hydrogen-bond donors (Lipinski definition) is 0. The van der Waals surface area contributed by atoms with Crippen molar-refractivity contribution in [3.63, 3.8) is 0 Å². The summed E-state index contributed by atoms with van der Waals surface area (Å²) >= 11 is 5.68. The standard InChI is InChI=1S/C40H23B2NS3/c1-3-11-26-24(9-1)17-18-32-38(26)39-27-12-4-2-10-25(27)21-31-40(39)43(32)33-22-30-35(23-29(33)42(31)37-16-8-20-45-37)46-34-14-6-5-13-28(34)41(30)36-15-7-19-44-36/h1-23H. The van der Waals surface area contributed by atoms with Gasteiger partial charge in [0.15, 0.2) is 0 Å². The molecule has 0 radical (unpaired) electrons. The largest absolute Gasteiger partial charge is 0.310 e. The van der Waals surface area contributed by atoms with E-state index in [1.54, 1.807) is 0 Å². The maximum Gasteiger partial charge on any atom is 0.259 e. The first-order chi connectivity index (χ1) is 22.8. The summed E-state index contributed by atoms with van der Waals surface area (Å²) in [6, 6.07) is 48.3. The third-order valence-corrected chi connectivity index (χ3v) is 13.2. The normalized spacial score (nSPS) is 13.5. The van der Waals surface area contributed by atoms with Crippen LogP contribution in [0.25, 0.3) is 49.0 Å². The molecule has 0 amide bonds. The number of hydrogen-bond acceptors (Lipinski definition) is 3. The minimum Gasteiger partial charge on any atom is -0.310 e. The van der Waals surface area contributed by atoms with E-state index >= 15 is 0 Å². The molecule has 1 nitrogen and oxygen atoms in total. The molecule has 0 spiro atoms. The van der Waals surface area contributed by atoms with E-state index in [2.05, 4.69) is 143 Å². The summed E-state index contributed by atoms with van der Waals surface area (Å²) in [5, 5.41) is 12.4. The molecule has 0 saturated carbocycles. The van der Waals surface area contributed by atoms with Crippen LogP contribution in [0.2, 0.25) is 0 Å². The SMILES string of the molecule is c1csc(B2c3ccccc3Sc3cc4c(cc32)-n2c3ccc5ccccc5c3c3c5ccccc5cc(c32)B4c2cccs2)c1. The van der Waals surface area contributed by atoms with Crippen LogP contribution in [0.4, 0.5) is 0 Å². The molecule has 0 bridgehead atoms. The second-order valence-corrected chi connectivity index (χ2v) is 15.5. The summed E-state index contributed by atoms with van der Waals surface area (Å²) in [4.78, 5) is 2.74. The van der Waals surface area contributed by atoms with Gasteiger partial charge in [-0.15, -0.1) is 0 Å². The van der Waals surface area contributed by atoms with Gasteiger partial charge in [-0.05, 0) is 71.0 Å². The van der Waals surface area contributed by atoms with Crippen LogP contribution in [0.3, 0.4) is 0 Å². The Morgan fingerprint density at radius 1 is 0.478 bits per heavy atom. The Kier molecular flexibility index (Phi) is 5.32. The minimum absolute atomic E-state index is 0.161. The molecular weight excluding hydrogens is 612 g/mol. The van der Waals surface area contributed by atoms with Crippen LogP contribution in [0, 0.1) is 0 Å². The van der Waals surface area contributed by atoms with Gasteiger partial charge >= 0.3 is 0 Å². The van der Waals surface area contributed by atoms with Crippen molar-refractivity contribution in [1.29, 1.82) is 0 Å². The van der Waals surface area contributed by atoms with Crippen LogP contribution in [0.1, 0.15) is 0 Å². The van der Waals surface area contributed by atoms with Gasteiger partial charge in [-0.2, -0.15) is 22.7 Å². The van der Waals surface area contributed by atoms with E-state index in [0.717, 1.165) is 0 Å². The van der Waals surface area contributed by atoms with E-state index in [0.29, 0.717) is 0 Å². The molecule has 0 aliphatic carbocycles. The average Bonchev–Trinajstić information content (AvgIpc) is 3.89. The highest BCUT2D eigenvalue weighted by molar-refractivity contribution is 8.00. The first-order valence-electron chi connectivity index (χ1n) is 15.7. The second kappa shape index (κ2) is 9.52. The van der Waals surface area contributed by atoms with Crippen molar-refractivity contribution in [3.8, 4) is 5.69 Å². The van der Waals surface area contributed by atoms with Gasteiger partial charge in [0.2, 0.25) is 0 Å². The van der Waals surface area contributed by atoms with Crippen molar-refractivity contribution in [2.75, 3.05) is 0 Å². The first-order valence-corrected chi connectivity index (χ1v) is 18.3. The molecule has 2 aliphatic heterocycles. The lowest BCUT2D eigenvalue weighted by Gasteiger charge is -2.31. The number of fused-ring (bicyclic) bond motifs is 11. The Balaban J connectivity index is 1.34. The highest BCUT2D eigenvalue weighted by Crippen LogP contribution is 2.42. The third-order valence-electron chi connectivity index (χ3n) is 10.1. The van der Waals surface area contributed by atoms with Gasteiger partial charge < -0.3 is 4.57 Å². The summed E-state index contributed by atoms with van der Waals surface area (Å²) in [6.07, 6.45) is 0. The van der Waals surface area contributed by atoms with Crippen molar-refractivity contribution >= 4 is 123 Å². The van der Waals surface area contributed by atoms with Gasteiger partial charge in [0.25, 0.3) is 13.4 Å². The van der Waals surface area contributed by atoms with Crippen LogP contribution in [-0.2, 0) is 0 Å². The van der Waals surface area contributed by atoms with Gasteiger partial charge in [-0.3, -0.25) is 0 Å². The maximum atomic E-state index is 2.62. The summed E-state index contributed by atoms with van der Waals surface area (Å²) in [6.45, 7) is 0.377. The molecule has 6 heteroatoms. The lowest BCUT2D eigenvalue weighted by molar-refractivity contribution is 1.19. The van der Waals surface area contributed by atoms with Crippen LogP contribution < -0.4 is 31.4 Å². The van der Waals surface area contributed by atoms with Gasteiger partial charge in [0, 0.05) is 26.3 Å². The summed E-state index contributed by atoms with van der Waals surface area (Å²) in [5.41, 5.74) is 9.58. The van der Waals surface area contributed by atoms with Crippen LogP contribution in [0.15, 0.2) is 148 Å². The Morgan fingerprint density at radius 2 is 1.17 bits per heavy atom. The van der Waals surface area contributed by atoms with Crippen molar-refractivity contribution < 1.29 is 0 Å². The monoisotopic (exact) mass is 635 g/mol. The lowest BCUT2D eigenvalue weighted by Crippen LogP contribution is -2.58. The Hall–Kier alpha value is -4.48. The van der Waals surface area contributed by atoms with Crippen LogP contribution in [-0.4, -0.2) is 18.0 Å². The quantitative estimate of drug-likeness (QED) is 0.185. The molecule has 0 unspecified atom stereocenters. The zero-order valence-electron chi connectivity index (χ0n) is 24.6. The molecule has 6 aromatic carbocycles. The molecular formula is C40H23B2NS3. The molecule has 0 N–H and O–H groups in total. The fourth-order valence-corrected chi connectivity index (χ4v) is 11.2. The highest BCUT2D eigenvalue weighted by atomic mass is 32.2. The minimum atomic E-state index is 0.161. The fourth-order valence-electron chi connectivity index (χ4n) is 8.28. The Bertz CT molecular complexity index is 2690. The Labute approximate surface area is 279 Å². The van der Waals surface area contributed by atoms with E-state index in [9.17, 15) is 0 Å². The molecule has 11 rings (SSSR count). The van der Waals surface area contributed by atoms with Gasteiger partial charge in [0.05, 0.1) is 11.0 Å². The molecule has 0 saturated heterocycles. The van der Waals surface area contributed by atoms with Crippen LogP contribution in [0.5, 0.6) is 0 Å². The fraction of sp³-hybridized carbons (Fsp3) is 0. The number of thiophene rings is 2. The molecule has 46 heavy (non-hydrogen) atoms. The molecule has 0 atom stereocenters. The zero-order valence-corrected chi connectivity index (χ0v) is 27.1. The van der Waals surface area contributed by atoms with E-state index in [4.69, 9.17) is 0 Å². The van der Waals surface area contributed by atoms with E-state index < -0.39 is 0 Å². The van der Waals surface area contributed by atoms with E-state index in [1.807, 2.05) is 34.4 Å². The zero-order chi connectivity index (χ0) is 29.9. The number of benzene rings is 6.